The van der Waals surface area contributed by atoms with Gasteiger partial charge in [0.05, 0.1) is 35.7 Å². The minimum Gasteiger partial charge on any atom is -0.292 e. The van der Waals surface area contributed by atoms with Gasteiger partial charge in [-0.2, -0.15) is 0 Å². The van der Waals surface area contributed by atoms with E-state index in [-0.39, 0.29) is 72.0 Å². The molecule has 0 aliphatic carbocycles. The van der Waals surface area contributed by atoms with Crippen molar-refractivity contribution in [1.82, 2.24) is 9.55 Å². The molecule has 9 aromatic rings. The third-order valence-electron chi connectivity index (χ3n) is 8.05. The fraction of sp³-hybridized carbons (Fsp3) is 0. The van der Waals surface area contributed by atoms with Gasteiger partial charge in [-0.3, -0.25) is 4.57 Å². The molecule has 0 bridgehead atoms. The van der Waals surface area contributed by atoms with Gasteiger partial charge in [0, 0.05) is 11.3 Å². The molecule has 1 heterocycles. The van der Waals surface area contributed by atoms with Crippen LogP contribution in [-0.2, 0) is 0 Å². The van der Waals surface area contributed by atoms with Crippen LogP contribution in [0.2, 0.25) is 0 Å². The van der Waals surface area contributed by atoms with E-state index >= 15 is 0 Å². The molecule has 0 aliphatic heterocycles. The normalized spacial score (nSPS) is 16.8. The number of nitrogens with zero attached hydrogens (tertiary/aromatic N) is 2. The number of hydrogen-bond acceptors (Lipinski definition) is 1. The first-order chi connectivity index (χ1) is 30.8. The van der Waals surface area contributed by atoms with Crippen molar-refractivity contribution in [3.63, 3.8) is 0 Å². The minimum absolute atomic E-state index is 0.0207. The SMILES string of the molecule is [2H]c1c([2H])c([2H])c(-c2ccccc2-c2c3c([2H])c([2H])c([2H])c([2H])c3c(-c3ccccc3-c3nc4ccccc4n3-c3c([2H])c([2H])c([2H])c([2H])c3[2H])c3c([2H])c([2H])c([2H])c([2H])c23)c([2H])c1[2H]. The maximum Gasteiger partial charge on any atom is 0.146 e. The van der Waals surface area contributed by atoms with Crippen molar-refractivity contribution in [3.05, 3.63) is 182 Å². The number of hydrogen-bond donors (Lipinski definition) is 0. The molecule has 8 aromatic carbocycles. The quantitative estimate of drug-likeness (QED) is 0.176. The molecule has 2 nitrogen and oxygen atoms in total. The van der Waals surface area contributed by atoms with Crippen LogP contribution >= 0.6 is 0 Å². The summed E-state index contributed by atoms with van der Waals surface area (Å²) < 4.78 is 162. The molecule has 0 spiro atoms. The molecular formula is C45H30N2. The first kappa shape index (κ1) is 14.5. The Morgan fingerprint density at radius 2 is 0.872 bits per heavy atom. The van der Waals surface area contributed by atoms with E-state index in [2.05, 4.69) is 0 Å². The number of aromatic nitrogens is 2. The second kappa shape index (κ2) is 11.3. The molecule has 47 heavy (non-hydrogen) atoms. The van der Waals surface area contributed by atoms with Gasteiger partial charge >= 0.3 is 0 Å². The first-order valence-electron chi connectivity index (χ1n) is 23.6. The molecule has 0 N–H and O–H groups in total. The number of fused-ring (bicyclic) bond motifs is 3. The Morgan fingerprint density at radius 3 is 1.47 bits per heavy atom. The van der Waals surface area contributed by atoms with Gasteiger partial charge in [-0.25, -0.2) is 4.98 Å². The molecule has 0 saturated heterocycles. The molecule has 0 radical (unpaired) electrons. The Bertz CT molecular complexity index is 3460. The second-order valence-corrected chi connectivity index (χ2v) is 10.6. The molecule has 0 atom stereocenters. The highest BCUT2D eigenvalue weighted by Crippen LogP contribution is 2.48. The highest BCUT2D eigenvalue weighted by molar-refractivity contribution is 6.23. The number of para-hydroxylation sites is 3. The summed E-state index contributed by atoms with van der Waals surface area (Å²) in [5, 5.41) is -0.816. The lowest BCUT2D eigenvalue weighted by molar-refractivity contribution is 1.10. The van der Waals surface area contributed by atoms with Gasteiger partial charge in [-0.1, -0.05) is 157 Å². The zero-order valence-corrected chi connectivity index (χ0v) is 24.3. The fourth-order valence-electron chi connectivity index (χ4n) is 6.15. The van der Waals surface area contributed by atoms with Crippen LogP contribution in [0.5, 0.6) is 0 Å². The molecule has 0 unspecified atom stereocenters. The average Bonchev–Trinajstić information content (AvgIpc) is 3.69. The molecule has 2 heteroatoms. The van der Waals surface area contributed by atoms with Gasteiger partial charge in [0.25, 0.3) is 0 Å². The Hall–Kier alpha value is -6.25. The van der Waals surface area contributed by atoms with E-state index in [1.807, 2.05) is 0 Å². The Balaban J connectivity index is 1.53. The van der Waals surface area contributed by atoms with Gasteiger partial charge in [0.2, 0.25) is 0 Å². The Morgan fingerprint density at radius 1 is 0.426 bits per heavy atom. The zero-order valence-electron chi connectivity index (χ0n) is 42.3. The average molecular weight is 617 g/mol. The summed E-state index contributed by atoms with van der Waals surface area (Å²) in [7, 11) is 0. The summed E-state index contributed by atoms with van der Waals surface area (Å²) in [6, 6.07) is 7.97. The van der Waals surface area contributed by atoms with Crippen molar-refractivity contribution in [2.75, 3.05) is 0 Å². The van der Waals surface area contributed by atoms with Crippen molar-refractivity contribution in [2.24, 2.45) is 0 Å². The van der Waals surface area contributed by atoms with E-state index in [9.17, 15) is 5.48 Å². The van der Waals surface area contributed by atoms with E-state index in [0.29, 0.717) is 11.0 Å². The van der Waals surface area contributed by atoms with Crippen molar-refractivity contribution >= 4 is 32.6 Å². The van der Waals surface area contributed by atoms with Crippen molar-refractivity contribution in [2.45, 2.75) is 0 Å². The van der Waals surface area contributed by atoms with Gasteiger partial charge in [-0.05, 0) is 79.1 Å². The van der Waals surface area contributed by atoms with Crippen LogP contribution in [0.1, 0.15) is 24.7 Å². The van der Waals surface area contributed by atoms with Crippen LogP contribution in [-0.4, -0.2) is 9.55 Å². The first-order valence-corrected chi connectivity index (χ1v) is 14.6. The largest absolute Gasteiger partial charge is 0.292 e. The smallest absolute Gasteiger partial charge is 0.146 e. The standard InChI is InChI=1S/C45H30N2/c1-3-17-31(18-4-1)33-21-7-8-22-34(33)43-35-23-9-11-25-37(35)44(38-26-12-10-24-36(38)43)39-27-13-14-28-40(39)45-46-41-29-15-16-30-42(41)47(45)32-19-5-2-6-20-32/h1-30H/i1D,2D,3D,4D,5D,6D,9D,10D,11D,12D,17D,18D,19D,20D,23D,24D,25D,26D. The fourth-order valence-corrected chi connectivity index (χ4v) is 6.15. The van der Waals surface area contributed by atoms with Crippen LogP contribution in [0, 0.1) is 0 Å². The zero-order chi connectivity index (χ0) is 46.8. The Labute approximate surface area is 299 Å². The number of imidazole rings is 1. The van der Waals surface area contributed by atoms with Crippen LogP contribution in [0.3, 0.4) is 0 Å². The molecule has 9 rings (SSSR count). The van der Waals surface area contributed by atoms with Crippen molar-refractivity contribution in [3.8, 4) is 50.5 Å². The maximum atomic E-state index is 9.56. The molecule has 0 saturated carbocycles. The lowest BCUT2D eigenvalue weighted by atomic mass is 9.83. The number of rotatable bonds is 5. The van der Waals surface area contributed by atoms with Crippen LogP contribution in [0.4, 0.5) is 0 Å². The van der Waals surface area contributed by atoms with Gasteiger partial charge in [0.15, 0.2) is 0 Å². The summed E-state index contributed by atoms with van der Waals surface area (Å²) in [5.74, 6) is 0.0268. The summed E-state index contributed by atoms with van der Waals surface area (Å²) >= 11 is 0. The predicted octanol–water partition coefficient (Wildman–Crippen LogP) is 12.0. The minimum atomic E-state index is -0.688. The summed E-state index contributed by atoms with van der Waals surface area (Å²) in [5.41, 5.74) is 0.375. The van der Waals surface area contributed by atoms with E-state index in [1.54, 1.807) is 60.7 Å². The lowest BCUT2D eigenvalue weighted by Crippen LogP contribution is -1.99. The van der Waals surface area contributed by atoms with E-state index < -0.39 is 109 Å². The van der Waals surface area contributed by atoms with Crippen LogP contribution in [0.25, 0.3) is 83.0 Å². The summed E-state index contributed by atoms with van der Waals surface area (Å²) in [4.78, 5) is 4.91. The summed E-state index contributed by atoms with van der Waals surface area (Å²) in [6.07, 6.45) is 0. The van der Waals surface area contributed by atoms with Gasteiger partial charge in [0.1, 0.15) is 5.82 Å². The van der Waals surface area contributed by atoms with E-state index in [1.165, 1.54) is 16.7 Å². The highest BCUT2D eigenvalue weighted by Gasteiger charge is 2.22. The number of benzene rings is 8. The molecule has 0 fully saturated rings. The third-order valence-corrected chi connectivity index (χ3v) is 8.05. The van der Waals surface area contributed by atoms with Gasteiger partial charge in [-0.15, -0.1) is 0 Å². The molecule has 220 valence electrons. The van der Waals surface area contributed by atoms with Crippen LogP contribution in [0.15, 0.2) is 182 Å². The molecular weight excluding hydrogens is 569 g/mol. The topological polar surface area (TPSA) is 17.8 Å². The van der Waals surface area contributed by atoms with Gasteiger partial charge < -0.3 is 0 Å². The molecule has 0 aliphatic rings. The van der Waals surface area contributed by atoms with E-state index in [4.69, 9.17) is 24.2 Å². The highest BCUT2D eigenvalue weighted by atomic mass is 15.1. The summed E-state index contributed by atoms with van der Waals surface area (Å²) in [6.45, 7) is 0. The lowest BCUT2D eigenvalue weighted by Gasteiger charge is -2.21. The second-order valence-electron chi connectivity index (χ2n) is 10.6. The monoisotopic (exact) mass is 616 g/mol. The van der Waals surface area contributed by atoms with Crippen LogP contribution < -0.4 is 0 Å². The van der Waals surface area contributed by atoms with Crippen molar-refractivity contribution < 1.29 is 24.7 Å². The maximum absolute atomic E-state index is 9.56. The predicted molar refractivity (Wildman–Crippen MR) is 198 cm³/mol. The molecule has 0 amide bonds. The third kappa shape index (κ3) is 4.46. The van der Waals surface area contributed by atoms with Crippen molar-refractivity contribution in [1.29, 1.82) is 0 Å². The van der Waals surface area contributed by atoms with E-state index in [0.717, 1.165) is 0 Å². The Kier molecular flexibility index (Phi) is 3.47. The molecule has 1 aromatic heterocycles.